The lowest BCUT2D eigenvalue weighted by atomic mass is 10.0. The van der Waals surface area contributed by atoms with E-state index in [1.807, 2.05) is 13.8 Å². The maximum Gasteiger partial charge on any atom is 0.333 e. The van der Waals surface area contributed by atoms with E-state index in [0.717, 1.165) is 0 Å². The Morgan fingerprint density at radius 1 is 1.05 bits per heavy atom. The van der Waals surface area contributed by atoms with Crippen molar-refractivity contribution >= 4 is 14.3 Å². The van der Waals surface area contributed by atoms with Gasteiger partial charge in [0.1, 0.15) is 0 Å². The Bertz CT molecular complexity index is 322. The Hall–Kier alpha value is -0.613. The van der Waals surface area contributed by atoms with Crippen LogP contribution in [0.3, 0.4) is 0 Å². The highest BCUT2D eigenvalue weighted by molar-refractivity contribution is 6.77. The molecule has 0 aromatic carbocycles. The van der Waals surface area contributed by atoms with Crippen LogP contribution < -0.4 is 0 Å². The molecule has 0 amide bonds. The highest BCUT2D eigenvalue weighted by atomic mass is 28.4. The predicted octanol–water partition coefficient (Wildman–Crippen LogP) is 4.60. The average molecular weight is 286 g/mol. The van der Waals surface area contributed by atoms with Crippen LogP contribution in [-0.2, 0) is 9.22 Å². The molecule has 0 radical (unpaired) electrons. The molecule has 0 atom stereocenters. The van der Waals surface area contributed by atoms with Gasteiger partial charge in [-0.3, -0.25) is 0 Å². The third-order valence-electron chi connectivity index (χ3n) is 4.12. The molecule has 4 heteroatoms. The first-order chi connectivity index (χ1) is 8.39. The van der Waals surface area contributed by atoms with Gasteiger partial charge in [-0.25, -0.2) is 4.79 Å². The first-order valence-electron chi connectivity index (χ1n) is 7.02. The molecule has 0 unspecified atom stereocenters. The predicted molar refractivity (Wildman–Crippen MR) is 83.0 cm³/mol. The monoisotopic (exact) mass is 286 g/mol. The van der Waals surface area contributed by atoms with Gasteiger partial charge in [-0.1, -0.05) is 48.1 Å². The van der Waals surface area contributed by atoms with Crippen LogP contribution in [0.1, 0.15) is 55.4 Å². The first-order valence-corrected chi connectivity index (χ1v) is 9.16. The molecule has 0 spiro atoms. The molecular formula is C15H30O3Si. The Kier molecular flexibility index (Phi) is 6.02. The van der Waals surface area contributed by atoms with Crippen molar-refractivity contribution in [2.75, 3.05) is 0 Å². The van der Waals surface area contributed by atoms with Crippen molar-refractivity contribution in [3.8, 4) is 0 Å². The van der Waals surface area contributed by atoms with E-state index in [0.29, 0.717) is 16.6 Å². The minimum atomic E-state index is -2.10. The smallest absolute Gasteiger partial charge is 0.333 e. The summed E-state index contributed by atoms with van der Waals surface area (Å²) in [4.78, 5) is 11.2. The van der Waals surface area contributed by atoms with E-state index in [-0.39, 0.29) is 5.57 Å². The molecule has 0 heterocycles. The van der Waals surface area contributed by atoms with Crippen LogP contribution in [0, 0.1) is 0 Å². The standard InChI is InChI=1S/C15H30O3Si/c1-10(2)19(11(3)4,12(5)6)18-15(8,9)13(7)14(16)17/h10-12H,7H2,1-6,8-9H3,(H,16,17). The van der Waals surface area contributed by atoms with E-state index < -0.39 is 19.9 Å². The summed E-state index contributed by atoms with van der Waals surface area (Å²) in [7, 11) is -2.10. The van der Waals surface area contributed by atoms with Gasteiger partial charge in [-0.15, -0.1) is 0 Å². The van der Waals surface area contributed by atoms with Gasteiger partial charge in [0.05, 0.1) is 11.2 Å². The van der Waals surface area contributed by atoms with Crippen molar-refractivity contribution in [1.29, 1.82) is 0 Å². The second kappa shape index (κ2) is 6.22. The molecule has 0 rings (SSSR count). The van der Waals surface area contributed by atoms with Gasteiger partial charge in [0.25, 0.3) is 0 Å². The molecule has 112 valence electrons. The Balaban J connectivity index is 5.57. The van der Waals surface area contributed by atoms with Crippen LogP contribution in [0.2, 0.25) is 16.6 Å². The van der Waals surface area contributed by atoms with Gasteiger partial charge in [0.2, 0.25) is 8.32 Å². The van der Waals surface area contributed by atoms with Crippen LogP contribution in [0.4, 0.5) is 0 Å². The number of aliphatic carboxylic acids is 1. The number of hydrogen-bond donors (Lipinski definition) is 1. The van der Waals surface area contributed by atoms with Crippen molar-refractivity contribution in [2.24, 2.45) is 0 Å². The fourth-order valence-corrected chi connectivity index (χ4v) is 8.83. The summed E-state index contributed by atoms with van der Waals surface area (Å²) in [6, 6.07) is 0. The number of carboxylic acid groups (broad SMARTS) is 1. The lowest BCUT2D eigenvalue weighted by Gasteiger charge is -2.47. The summed E-state index contributed by atoms with van der Waals surface area (Å²) < 4.78 is 6.49. The molecule has 0 aliphatic heterocycles. The summed E-state index contributed by atoms with van der Waals surface area (Å²) in [5.74, 6) is -0.982. The van der Waals surface area contributed by atoms with Crippen molar-refractivity contribution in [2.45, 2.75) is 77.6 Å². The Morgan fingerprint density at radius 3 is 1.58 bits per heavy atom. The fourth-order valence-electron chi connectivity index (χ4n) is 3.11. The van der Waals surface area contributed by atoms with E-state index in [1.165, 1.54) is 0 Å². The second-order valence-electron chi connectivity index (χ2n) is 6.71. The van der Waals surface area contributed by atoms with Gasteiger partial charge < -0.3 is 9.53 Å². The van der Waals surface area contributed by atoms with Crippen LogP contribution in [0.15, 0.2) is 12.2 Å². The molecule has 0 fully saturated rings. The van der Waals surface area contributed by atoms with Gasteiger partial charge in [-0.2, -0.15) is 0 Å². The second-order valence-corrected chi connectivity index (χ2v) is 12.1. The maximum absolute atomic E-state index is 11.2. The lowest BCUT2D eigenvalue weighted by Crippen LogP contribution is -2.53. The summed E-state index contributed by atoms with van der Waals surface area (Å²) in [6.07, 6.45) is 0. The van der Waals surface area contributed by atoms with Crippen molar-refractivity contribution in [1.82, 2.24) is 0 Å². The van der Waals surface area contributed by atoms with E-state index in [4.69, 9.17) is 9.53 Å². The summed E-state index contributed by atoms with van der Waals surface area (Å²) in [5.41, 5.74) is 0.582. The largest absolute Gasteiger partial charge is 0.478 e. The van der Waals surface area contributed by atoms with Gasteiger partial charge in [-0.05, 0) is 30.5 Å². The molecule has 0 bridgehead atoms. The van der Waals surface area contributed by atoms with E-state index in [2.05, 4.69) is 48.1 Å². The molecule has 0 aliphatic rings. The number of carbonyl (C=O) groups is 1. The average Bonchev–Trinajstić information content (AvgIpc) is 2.23. The summed E-state index contributed by atoms with van der Waals surface area (Å²) >= 11 is 0. The van der Waals surface area contributed by atoms with E-state index >= 15 is 0 Å². The van der Waals surface area contributed by atoms with Gasteiger partial charge in [0, 0.05) is 0 Å². The zero-order chi connectivity index (χ0) is 15.6. The van der Waals surface area contributed by atoms with Gasteiger partial charge in [0.15, 0.2) is 0 Å². The minimum absolute atomic E-state index is 0.131. The molecule has 1 N–H and O–H groups in total. The number of rotatable bonds is 7. The molecule has 19 heavy (non-hydrogen) atoms. The molecule has 0 saturated heterocycles. The van der Waals surface area contributed by atoms with Crippen LogP contribution in [0.25, 0.3) is 0 Å². The normalized spacial score (nSPS) is 13.4. The van der Waals surface area contributed by atoms with Crippen molar-refractivity contribution < 1.29 is 14.3 Å². The summed E-state index contributed by atoms with van der Waals surface area (Å²) in [5, 5.41) is 9.17. The topological polar surface area (TPSA) is 46.5 Å². The SMILES string of the molecule is C=C(C(=O)O)C(C)(C)O[Si](C(C)C)(C(C)C)C(C)C. The molecule has 0 aromatic rings. The number of carboxylic acids is 1. The quantitative estimate of drug-likeness (QED) is 0.549. The third kappa shape index (κ3) is 3.69. The highest BCUT2D eigenvalue weighted by Gasteiger charge is 2.49. The van der Waals surface area contributed by atoms with Crippen molar-refractivity contribution in [3.63, 3.8) is 0 Å². The third-order valence-corrected chi connectivity index (χ3v) is 10.4. The number of hydrogen-bond acceptors (Lipinski definition) is 2. The zero-order valence-corrected chi connectivity index (χ0v) is 14.7. The van der Waals surface area contributed by atoms with Crippen LogP contribution in [0.5, 0.6) is 0 Å². The maximum atomic E-state index is 11.2. The first kappa shape index (κ1) is 18.4. The van der Waals surface area contributed by atoms with E-state index in [1.54, 1.807) is 0 Å². The minimum Gasteiger partial charge on any atom is -0.478 e. The van der Waals surface area contributed by atoms with Crippen LogP contribution in [-0.4, -0.2) is 25.0 Å². The van der Waals surface area contributed by atoms with Crippen LogP contribution >= 0.6 is 0 Å². The Morgan fingerprint density at radius 2 is 1.37 bits per heavy atom. The van der Waals surface area contributed by atoms with E-state index in [9.17, 15) is 4.79 Å². The zero-order valence-electron chi connectivity index (χ0n) is 13.7. The molecule has 0 saturated carbocycles. The lowest BCUT2D eigenvalue weighted by molar-refractivity contribution is -0.134. The van der Waals surface area contributed by atoms with Crippen molar-refractivity contribution in [3.05, 3.63) is 12.2 Å². The van der Waals surface area contributed by atoms with Gasteiger partial charge >= 0.3 is 5.97 Å². The highest BCUT2D eigenvalue weighted by Crippen LogP contribution is 2.45. The molecule has 0 aromatic heterocycles. The molecule has 3 nitrogen and oxygen atoms in total. The molecule has 0 aliphatic carbocycles. The Labute approximate surface area is 119 Å². The molecular weight excluding hydrogens is 256 g/mol. The fraction of sp³-hybridized carbons (Fsp3) is 0.800. The summed E-state index contributed by atoms with van der Waals surface area (Å²) in [6.45, 7) is 20.4.